The summed E-state index contributed by atoms with van der Waals surface area (Å²) in [5.74, 6) is -0.771. The number of nitrogens with zero attached hydrogens (tertiary/aromatic N) is 1. The molecule has 7 nitrogen and oxygen atoms in total. The molecule has 4 rings (SSSR count). The standard InChI is InChI=1S/C24H17BrFN3O4/c25-17-5-10-21-16(11-17)12-22(33-21)24(31)29-27-13-15-3-1-2-4-20(15)32-14-23(30)28-19-8-6-18(26)7-9-19/h1-13H,14H2,(H,28,30)(H,29,31)/b27-13+. The van der Waals surface area contributed by atoms with Gasteiger partial charge in [-0.2, -0.15) is 5.10 Å². The lowest BCUT2D eigenvalue weighted by molar-refractivity contribution is -0.118. The van der Waals surface area contributed by atoms with Gasteiger partial charge in [-0.05, 0) is 60.7 Å². The molecule has 0 aliphatic rings. The normalized spacial score (nSPS) is 11.0. The van der Waals surface area contributed by atoms with Crippen molar-refractivity contribution in [1.82, 2.24) is 5.43 Å². The van der Waals surface area contributed by atoms with Crippen LogP contribution in [0.25, 0.3) is 11.0 Å². The first-order valence-corrected chi connectivity index (χ1v) is 10.6. The van der Waals surface area contributed by atoms with E-state index in [4.69, 9.17) is 9.15 Å². The van der Waals surface area contributed by atoms with Gasteiger partial charge < -0.3 is 14.5 Å². The van der Waals surface area contributed by atoms with Crippen LogP contribution >= 0.6 is 15.9 Å². The summed E-state index contributed by atoms with van der Waals surface area (Å²) >= 11 is 3.38. The number of para-hydroxylation sites is 1. The van der Waals surface area contributed by atoms with Crippen molar-refractivity contribution in [3.63, 3.8) is 0 Å². The quantitative estimate of drug-likeness (QED) is 0.267. The molecular formula is C24H17BrFN3O4. The number of benzene rings is 3. The molecular weight excluding hydrogens is 493 g/mol. The summed E-state index contributed by atoms with van der Waals surface area (Å²) in [5.41, 5.74) is 4.02. The van der Waals surface area contributed by atoms with Gasteiger partial charge in [0.05, 0.1) is 6.21 Å². The Balaban J connectivity index is 1.35. The maximum absolute atomic E-state index is 13.0. The van der Waals surface area contributed by atoms with Gasteiger partial charge in [-0.25, -0.2) is 9.82 Å². The number of halogens is 2. The first-order chi connectivity index (χ1) is 16.0. The Morgan fingerprint density at radius 1 is 1.06 bits per heavy atom. The van der Waals surface area contributed by atoms with Gasteiger partial charge in [0.1, 0.15) is 17.1 Å². The Hall–Kier alpha value is -3.98. The van der Waals surface area contributed by atoms with Crippen molar-refractivity contribution in [3.8, 4) is 5.75 Å². The second-order valence-electron chi connectivity index (χ2n) is 6.87. The first-order valence-electron chi connectivity index (χ1n) is 9.78. The topological polar surface area (TPSA) is 92.9 Å². The van der Waals surface area contributed by atoms with E-state index < -0.39 is 17.6 Å². The van der Waals surface area contributed by atoms with Gasteiger partial charge in [0, 0.05) is 21.1 Å². The SMILES string of the molecule is O=C(COc1ccccc1/C=N/NC(=O)c1cc2cc(Br)ccc2o1)Nc1ccc(F)cc1. The summed E-state index contributed by atoms with van der Waals surface area (Å²) in [4.78, 5) is 24.4. The summed E-state index contributed by atoms with van der Waals surface area (Å²) in [7, 11) is 0. The van der Waals surface area contributed by atoms with E-state index in [0.717, 1.165) is 9.86 Å². The zero-order chi connectivity index (χ0) is 23.2. The van der Waals surface area contributed by atoms with Crippen molar-refractivity contribution >= 4 is 50.6 Å². The largest absolute Gasteiger partial charge is 0.483 e. The minimum Gasteiger partial charge on any atom is -0.483 e. The molecule has 1 heterocycles. The number of carbonyl (C=O) groups is 2. The Kier molecular flexibility index (Phi) is 6.80. The number of hydrazone groups is 1. The van der Waals surface area contributed by atoms with Crippen LogP contribution < -0.4 is 15.5 Å². The lowest BCUT2D eigenvalue weighted by Gasteiger charge is -2.09. The molecule has 0 aliphatic heterocycles. The number of hydrogen-bond acceptors (Lipinski definition) is 5. The average Bonchev–Trinajstić information content (AvgIpc) is 3.23. The number of fused-ring (bicyclic) bond motifs is 1. The fourth-order valence-corrected chi connectivity index (χ4v) is 3.31. The van der Waals surface area contributed by atoms with Crippen LogP contribution in [-0.4, -0.2) is 24.6 Å². The van der Waals surface area contributed by atoms with Gasteiger partial charge in [-0.3, -0.25) is 9.59 Å². The number of hydrogen-bond donors (Lipinski definition) is 2. The molecule has 1 aromatic heterocycles. The highest BCUT2D eigenvalue weighted by Gasteiger charge is 2.12. The van der Waals surface area contributed by atoms with Crippen LogP contribution in [0.2, 0.25) is 0 Å². The summed E-state index contributed by atoms with van der Waals surface area (Å²) in [6, 6.07) is 19.4. The molecule has 0 saturated heterocycles. The molecule has 4 aromatic rings. The van der Waals surface area contributed by atoms with Crippen molar-refractivity contribution in [3.05, 3.63) is 94.4 Å². The van der Waals surface area contributed by atoms with E-state index in [0.29, 0.717) is 22.6 Å². The highest BCUT2D eigenvalue weighted by atomic mass is 79.9. The molecule has 33 heavy (non-hydrogen) atoms. The zero-order valence-corrected chi connectivity index (χ0v) is 18.6. The van der Waals surface area contributed by atoms with Crippen LogP contribution in [0, 0.1) is 5.82 Å². The molecule has 0 bridgehead atoms. The molecule has 0 atom stereocenters. The first kappa shape index (κ1) is 22.2. The fraction of sp³-hybridized carbons (Fsp3) is 0.0417. The molecule has 0 aliphatic carbocycles. The van der Waals surface area contributed by atoms with E-state index >= 15 is 0 Å². The summed E-state index contributed by atoms with van der Waals surface area (Å²) in [6.07, 6.45) is 1.41. The van der Waals surface area contributed by atoms with Gasteiger partial charge in [0.25, 0.3) is 5.91 Å². The second-order valence-corrected chi connectivity index (χ2v) is 7.79. The Bertz CT molecular complexity index is 1340. The molecule has 166 valence electrons. The Morgan fingerprint density at radius 2 is 1.85 bits per heavy atom. The highest BCUT2D eigenvalue weighted by Crippen LogP contribution is 2.23. The third kappa shape index (κ3) is 5.83. The monoisotopic (exact) mass is 509 g/mol. The molecule has 9 heteroatoms. The van der Waals surface area contributed by atoms with Gasteiger partial charge in [0.15, 0.2) is 12.4 Å². The zero-order valence-electron chi connectivity index (χ0n) is 17.0. The van der Waals surface area contributed by atoms with Crippen molar-refractivity contribution in [1.29, 1.82) is 0 Å². The molecule has 0 spiro atoms. The van der Waals surface area contributed by atoms with Crippen molar-refractivity contribution < 1.29 is 23.1 Å². The maximum atomic E-state index is 13.0. The molecule has 0 saturated carbocycles. The predicted octanol–water partition coefficient (Wildman–Crippen LogP) is 5.12. The van der Waals surface area contributed by atoms with E-state index in [9.17, 15) is 14.0 Å². The molecule has 0 fully saturated rings. The van der Waals surface area contributed by atoms with E-state index in [1.807, 2.05) is 12.1 Å². The molecule has 2 amide bonds. The summed E-state index contributed by atoms with van der Waals surface area (Å²) in [6.45, 7) is -0.261. The van der Waals surface area contributed by atoms with Crippen LogP contribution in [0.5, 0.6) is 5.75 Å². The second kappa shape index (κ2) is 10.1. The van der Waals surface area contributed by atoms with Gasteiger partial charge in [0.2, 0.25) is 0 Å². The number of ether oxygens (including phenoxy) is 1. The number of anilines is 1. The minimum atomic E-state index is -0.504. The van der Waals surface area contributed by atoms with E-state index in [-0.39, 0.29) is 12.4 Å². The lowest BCUT2D eigenvalue weighted by Crippen LogP contribution is -2.20. The van der Waals surface area contributed by atoms with Crippen LogP contribution in [-0.2, 0) is 4.79 Å². The van der Waals surface area contributed by atoms with Gasteiger partial charge >= 0.3 is 5.91 Å². The molecule has 3 aromatic carbocycles. The van der Waals surface area contributed by atoms with Crippen LogP contribution in [0.15, 0.2) is 86.8 Å². The third-order valence-electron chi connectivity index (χ3n) is 4.48. The molecule has 0 radical (unpaired) electrons. The smallest absolute Gasteiger partial charge is 0.307 e. The third-order valence-corrected chi connectivity index (χ3v) is 4.97. The van der Waals surface area contributed by atoms with Crippen LogP contribution in [0.1, 0.15) is 16.1 Å². The van der Waals surface area contributed by atoms with Crippen molar-refractivity contribution in [2.45, 2.75) is 0 Å². The van der Waals surface area contributed by atoms with Crippen LogP contribution in [0.4, 0.5) is 10.1 Å². The maximum Gasteiger partial charge on any atom is 0.307 e. The number of furan rings is 1. The summed E-state index contributed by atoms with van der Waals surface area (Å²) in [5, 5.41) is 7.36. The molecule has 0 unspecified atom stereocenters. The van der Waals surface area contributed by atoms with Crippen molar-refractivity contribution in [2.75, 3.05) is 11.9 Å². The van der Waals surface area contributed by atoms with E-state index in [1.54, 1.807) is 36.4 Å². The number of amides is 2. The van der Waals surface area contributed by atoms with Gasteiger partial charge in [-0.15, -0.1) is 0 Å². The molecule has 2 N–H and O–H groups in total. The fourth-order valence-electron chi connectivity index (χ4n) is 2.93. The number of nitrogens with one attached hydrogen (secondary N) is 2. The average molecular weight is 510 g/mol. The highest BCUT2D eigenvalue weighted by molar-refractivity contribution is 9.10. The minimum absolute atomic E-state index is 0.127. The van der Waals surface area contributed by atoms with Crippen LogP contribution in [0.3, 0.4) is 0 Å². The van der Waals surface area contributed by atoms with E-state index in [1.165, 1.54) is 30.5 Å². The number of carbonyl (C=O) groups excluding carboxylic acids is 2. The van der Waals surface area contributed by atoms with Crippen molar-refractivity contribution in [2.24, 2.45) is 5.10 Å². The Morgan fingerprint density at radius 3 is 2.67 bits per heavy atom. The van der Waals surface area contributed by atoms with Gasteiger partial charge in [-0.1, -0.05) is 28.1 Å². The number of rotatable bonds is 7. The van der Waals surface area contributed by atoms with E-state index in [2.05, 4.69) is 31.8 Å². The summed E-state index contributed by atoms with van der Waals surface area (Å²) < 4.78 is 25.0. The lowest BCUT2D eigenvalue weighted by atomic mass is 10.2. The Labute approximate surface area is 196 Å². The predicted molar refractivity (Wildman–Crippen MR) is 126 cm³/mol.